The van der Waals surface area contributed by atoms with E-state index in [9.17, 15) is 4.79 Å². The first-order valence-electron chi connectivity index (χ1n) is 7.95. The number of anilines is 1. The van der Waals surface area contributed by atoms with Gasteiger partial charge in [0.25, 0.3) is 11.8 Å². The lowest BCUT2D eigenvalue weighted by molar-refractivity contribution is 0.0981. The first kappa shape index (κ1) is 14.6. The lowest BCUT2D eigenvalue weighted by Crippen LogP contribution is -2.35. The van der Waals surface area contributed by atoms with Crippen LogP contribution in [-0.2, 0) is 6.42 Å². The Bertz CT molecular complexity index is 899. The van der Waals surface area contributed by atoms with Crippen molar-refractivity contribution in [3.8, 4) is 11.5 Å². The summed E-state index contributed by atoms with van der Waals surface area (Å²) in [5, 5.41) is 3.79. The fraction of sp³-hybridized carbons (Fsp3) is 0.211. The van der Waals surface area contributed by atoms with Gasteiger partial charge in [0.1, 0.15) is 0 Å². The number of hydrogen-bond acceptors (Lipinski definition) is 4. The van der Waals surface area contributed by atoms with Gasteiger partial charge in [-0.2, -0.15) is 4.98 Å². The number of amides is 1. The summed E-state index contributed by atoms with van der Waals surface area (Å²) in [6, 6.07) is 15.5. The molecule has 1 amide bonds. The molecule has 2 heterocycles. The maximum Gasteiger partial charge on any atom is 0.258 e. The van der Waals surface area contributed by atoms with Crippen LogP contribution >= 0.6 is 0 Å². The zero-order valence-corrected chi connectivity index (χ0v) is 13.6. The summed E-state index contributed by atoms with van der Waals surface area (Å²) in [4.78, 5) is 19.0. The van der Waals surface area contributed by atoms with Crippen LogP contribution in [0.25, 0.3) is 11.5 Å². The number of fused-ring (bicyclic) bond motifs is 1. The minimum atomic E-state index is 0.0145. The summed E-state index contributed by atoms with van der Waals surface area (Å²) in [6.45, 7) is 3.85. The molecule has 0 fully saturated rings. The Kier molecular flexibility index (Phi) is 3.41. The van der Waals surface area contributed by atoms with Crippen LogP contribution in [0.4, 0.5) is 5.69 Å². The smallest absolute Gasteiger partial charge is 0.258 e. The molecule has 0 saturated carbocycles. The second-order valence-electron chi connectivity index (χ2n) is 6.08. The van der Waals surface area contributed by atoms with E-state index in [2.05, 4.69) is 23.1 Å². The van der Waals surface area contributed by atoms with Crippen LogP contribution in [0.15, 0.2) is 53.1 Å². The van der Waals surface area contributed by atoms with E-state index in [0.29, 0.717) is 17.3 Å². The van der Waals surface area contributed by atoms with Gasteiger partial charge in [-0.05, 0) is 56.2 Å². The van der Waals surface area contributed by atoms with Crippen LogP contribution < -0.4 is 4.90 Å². The maximum absolute atomic E-state index is 12.9. The van der Waals surface area contributed by atoms with Gasteiger partial charge < -0.3 is 9.42 Å². The van der Waals surface area contributed by atoms with E-state index in [1.165, 1.54) is 5.56 Å². The number of benzene rings is 2. The zero-order chi connectivity index (χ0) is 16.7. The molecule has 0 aliphatic carbocycles. The van der Waals surface area contributed by atoms with Crippen molar-refractivity contribution >= 4 is 11.6 Å². The standard InChI is InChI=1S/C19H17N3O2/c1-12-11-16-5-3-4-6-17(16)22(12)19(23)15-9-7-14(8-10-15)18-20-13(2)21-24-18/h3-10,12H,11H2,1-2H3. The van der Waals surface area contributed by atoms with Gasteiger partial charge in [-0.15, -0.1) is 0 Å². The molecule has 0 radical (unpaired) electrons. The van der Waals surface area contributed by atoms with Gasteiger partial charge in [-0.25, -0.2) is 0 Å². The second kappa shape index (κ2) is 5.60. The Hall–Kier alpha value is -2.95. The third kappa shape index (κ3) is 2.38. The third-order valence-corrected chi connectivity index (χ3v) is 4.33. The number of para-hydroxylation sites is 1. The van der Waals surface area contributed by atoms with E-state index in [1.807, 2.05) is 47.4 Å². The van der Waals surface area contributed by atoms with Gasteiger partial charge in [0.05, 0.1) is 0 Å². The van der Waals surface area contributed by atoms with Gasteiger partial charge in [0, 0.05) is 22.9 Å². The molecule has 0 bridgehead atoms. The SMILES string of the molecule is Cc1noc(-c2ccc(C(=O)N3c4ccccc4CC3C)cc2)n1. The molecule has 1 atom stereocenters. The lowest BCUT2D eigenvalue weighted by Gasteiger charge is -2.22. The molecule has 5 nitrogen and oxygen atoms in total. The van der Waals surface area contributed by atoms with Gasteiger partial charge in [0.2, 0.25) is 0 Å². The van der Waals surface area contributed by atoms with E-state index in [1.54, 1.807) is 6.92 Å². The molecule has 1 aromatic heterocycles. The normalized spacial score (nSPS) is 16.2. The molecule has 24 heavy (non-hydrogen) atoms. The molecule has 0 N–H and O–H groups in total. The summed E-state index contributed by atoms with van der Waals surface area (Å²) < 4.78 is 5.16. The van der Waals surface area contributed by atoms with Crippen LogP contribution in [0.1, 0.15) is 28.7 Å². The Labute approximate surface area is 139 Å². The maximum atomic E-state index is 12.9. The van der Waals surface area contributed by atoms with E-state index < -0.39 is 0 Å². The summed E-state index contributed by atoms with van der Waals surface area (Å²) >= 11 is 0. The van der Waals surface area contributed by atoms with Gasteiger partial charge in [-0.3, -0.25) is 4.79 Å². The van der Waals surface area contributed by atoms with Crippen molar-refractivity contribution in [1.82, 2.24) is 10.1 Å². The highest BCUT2D eigenvalue weighted by atomic mass is 16.5. The highest BCUT2D eigenvalue weighted by molar-refractivity contribution is 6.07. The number of aryl methyl sites for hydroxylation is 1. The van der Waals surface area contributed by atoms with Gasteiger partial charge in [-0.1, -0.05) is 23.4 Å². The molecule has 1 unspecified atom stereocenters. The van der Waals surface area contributed by atoms with Crippen molar-refractivity contribution in [1.29, 1.82) is 0 Å². The Morgan fingerprint density at radius 2 is 1.92 bits per heavy atom. The molecule has 0 spiro atoms. The fourth-order valence-corrected chi connectivity index (χ4v) is 3.18. The molecule has 3 aromatic rings. The van der Waals surface area contributed by atoms with Crippen molar-refractivity contribution in [2.45, 2.75) is 26.3 Å². The van der Waals surface area contributed by atoms with Crippen molar-refractivity contribution in [2.24, 2.45) is 0 Å². The van der Waals surface area contributed by atoms with Gasteiger partial charge in [0.15, 0.2) is 5.82 Å². The Morgan fingerprint density at radius 3 is 2.62 bits per heavy atom. The molecular weight excluding hydrogens is 302 g/mol. The third-order valence-electron chi connectivity index (χ3n) is 4.33. The van der Waals surface area contributed by atoms with E-state index in [4.69, 9.17) is 4.52 Å². The van der Waals surface area contributed by atoms with Crippen LogP contribution in [0.2, 0.25) is 0 Å². The summed E-state index contributed by atoms with van der Waals surface area (Å²) in [6.07, 6.45) is 0.890. The number of aromatic nitrogens is 2. The molecule has 5 heteroatoms. The average Bonchev–Trinajstić information content (AvgIpc) is 3.17. The van der Waals surface area contributed by atoms with Crippen molar-refractivity contribution < 1.29 is 9.32 Å². The number of carbonyl (C=O) groups excluding carboxylic acids is 1. The van der Waals surface area contributed by atoms with Gasteiger partial charge >= 0.3 is 0 Å². The van der Waals surface area contributed by atoms with Crippen molar-refractivity contribution in [3.05, 3.63) is 65.5 Å². The molecule has 1 aliphatic heterocycles. The van der Waals surface area contributed by atoms with Crippen LogP contribution in [-0.4, -0.2) is 22.1 Å². The summed E-state index contributed by atoms with van der Waals surface area (Å²) in [7, 11) is 0. The van der Waals surface area contributed by atoms with Crippen molar-refractivity contribution in [2.75, 3.05) is 4.90 Å². The Balaban J connectivity index is 1.63. The minimum Gasteiger partial charge on any atom is -0.334 e. The first-order chi connectivity index (χ1) is 11.6. The molecule has 120 valence electrons. The predicted molar refractivity (Wildman–Crippen MR) is 90.9 cm³/mol. The minimum absolute atomic E-state index is 0.0145. The quantitative estimate of drug-likeness (QED) is 0.723. The topological polar surface area (TPSA) is 59.2 Å². The molecule has 1 aliphatic rings. The average molecular weight is 319 g/mol. The van der Waals surface area contributed by atoms with E-state index >= 15 is 0 Å². The lowest BCUT2D eigenvalue weighted by atomic mass is 10.1. The molecular formula is C19H17N3O2. The second-order valence-corrected chi connectivity index (χ2v) is 6.08. The Morgan fingerprint density at radius 1 is 1.17 bits per heavy atom. The first-order valence-corrected chi connectivity index (χ1v) is 7.95. The number of nitrogens with zero attached hydrogens (tertiary/aromatic N) is 3. The molecule has 0 saturated heterocycles. The van der Waals surface area contributed by atoms with Crippen LogP contribution in [0, 0.1) is 6.92 Å². The largest absolute Gasteiger partial charge is 0.334 e. The number of hydrogen-bond donors (Lipinski definition) is 0. The molecule has 2 aromatic carbocycles. The van der Waals surface area contributed by atoms with E-state index in [0.717, 1.165) is 17.7 Å². The number of carbonyl (C=O) groups is 1. The summed E-state index contributed by atoms with van der Waals surface area (Å²) in [5.74, 6) is 1.07. The summed E-state index contributed by atoms with van der Waals surface area (Å²) in [5.41, 5.74) is 3.68. The van der Waals surface area contributed by atoms with E-state index in [-0.39, 0.29) is 11.9 Å². The predicted octanol–water partition coefficient (Wildman–Crippen LogP) is 3.64. The number of rotatable bonds is 2. The van der Waals surface area contributed by atoms with Crippen LogP contribution in [0.5, 0.6) is 0 Å². The van der Waals surface area contributed by atoms with Crippen molar-refractivity contribution in [3.63, 3.8) is 0 Å². The zero-order valence-electron chi connectivity index (χ0n) is 13.6. The monoisotopic (exact) mass is 319 g/mol. The highest BCUT2D eigenvalue weighted by Gasteiger charge is 2.31. The fourth-order valence-electron chi connectivity index (χ4n) is 3.18. The highest BCUT2D eigenvalue weighted by Crippen LogP contribution is 2.33. The molecule has 4 rings (SSSR count). The van der Waals surface area contributed by atoms with Crippen LogP contribution in [0.3, 0.4) is 0 Å².